The van der Waals surface area contributed by atoms with Crippen molar-refractivity contribution in [3.8, 4) is 5.75 Å². The number of hydrogen-bond acceptors (Lipinski definition) is 5. The molecule has 0 spiro atoms. The molecule has 0 heterocycles. The molecule has 1 rings (SSSR count). The summed E-state index contributed by atoms with van der Waals surface area (Å²) in [5, 5.41) is 0. The van der Waals surface area contributed by atoms with E-state index in [4.69, 9.17) is 18.9 Å². The van der Waals surface area contributed by atoms with Crippen molar-refractivity contribution in [3.63, 3.8) is 0 Å². The third-order valence-corrected chi connectivity index (χ3v) is 4.20. The van der Waals surface area contributed by atoms with Gasteiger partial charge < -0.3 is 18.9 Å². The molecule has 0 fully saturated rings. The minimum atomic E-state index is 0.414. The van der Waals surface area contributed by atoms with Crippen LogP contribution < -0.4 is 4.74 Å². The average Bonchev–Trinajstić information content (AvgIpc) is 2.57. The summed E-state index contributed by atoms with van der Waals surface area (Å²) in [6, 6.07) is 3.43. The molecular weight excluding hydrogens is 444 g/mol. The lowest BCUT2D eigenvalue weighted by atomic mass is 10.2. The summed E-state index contributed by atoms with van der Waals surface area (Å²) in [7, 11) is 0. The maximum atomic E-state index is 10.8. The Bertz CT molecular complexity index is 459. The van der Waals surface area contributed by atoms with Gasteiger partial charge in [0.15, 0.2) is 0 Å². The van der Waals surface area contributed by atoms with Gasteiger partial charge in [0.25, 0.3) is 0 Å². The minimum Gasteiger partial charge on any atom is -0.489 e. The van der Waals surface area contributed by atoms with Crippen LogP contribution in [0.2, 0.25) is 0 Å². The highest BCUT2D eigenvalue weighted by Gasteiger charge is 2.08. The Balaban J connectivity index is 2.04. The van der Waals surface area contributed by atoms with Gasteiger partial charge in [-0.05, 0) is 50.4 Å². The molecular formula is C17H24Br2O5. The predicted octanol–water partition coefficient (Wildman–Crippen LogP) is 4.25. The molecule has 0 bridgehead atoms. The fourth-order valence-electron chi connectivity index (χ4n) is 1.78. The van der Waals surface area contributed by atoms with Gasteiger partial charge in [0.05, 0.1) is 42.0 Å². The van der Waals surface area contributed by atoms with Crippen molar-refractivity contribution in [3.05, 3.63) is 26.6 Å². The zero-order valence-electron chi connectivity index (χ0n) is 13.9. The van der Waals surface area contributed by atoms with Gasteiger partial charge >= 0.3 is 0 Å². The molecule has 7 heteroatoms. The van der Waals surface area contributed by atoms with Crippen LogP contribution in [0.25, 0.3) is 0 Å². The standard InChI is InChI=1S/C17H24Br2O5/c1-2-3-4-21-5-6-22-7-8-23-9-10-24-17-15(18)11-14(13-20)12-16(17)19/h11-13H,2-10H2,1H3. The van der Waals surface area contributed by atoms with Crippen LogP contribution in [0, 0.1) is 0 Å². The van der Waals surface area contributed by atoms with E-state index in [1.54, 1.807) is 12.1 Å². The summed E-state index contributed by atoms with van der Waals surface area (Å²) in [5.74, 6) is 0.657. The van der Waals surface area contributed by atoms with E-state index < -0.39 is 0 Å². The molecule has 0 atom stereocenters. The quantitative estimate of drug-likeness (QED) is 0.302. The molecule has 0 saturated carbocycles. The van der Waals surface area contributed by atoms with Crippen LogP contribution in [-0.2, 0) is 14.2 Å². The maximum Gasteiger partial charge on any atom is 0.150 e. The van der Waals surface area contributed by atoms with Crippen LogP contribution in [0.4, 0.5) is 0 Å². The fourth-order valence-corrected chi connectivity index (χ4v) is 3.23. The van der Waals surface area contributed by atoms with E-state index in [1.165, 1.54) is 0 Å². The third kappa shape index (κ3) is 9.13. The molecule has 0 N–H and O–H groups in total. The van der Waals surface area contributed by atoms with Crippen molar-refractivity contribution >= 4 is 38.1 Å². The van der Waals surface area contributed by atoms with Crippen LogP contribution in [0.3, 0.4) is 0 Å². The first-order valence-corrected chi connectivity index (χ1v) is 9.57. The first-order valence-electron chi connectivity index (χ1n) is 7.99. The van der Waals surface area contributed by atoms with Gasteiger partial charge in [0.1, 0.15) is 18.6 Å². The van der Waals surface area contributed by atoms with Crippen molar-refractivity contribution in [2.24, 2.45) is 0 Å². The van der Waals surface area contributed by atoms with Gasteiger partial charge in [-0.25, -0.2) is 0 Å². The van der Waals surface area contributed by atoms with E-state index in [1.807, 2.05) is 0 Å². The highest BCUT2D eigenvalue weighted by molar-refractivity contribution is 9.11. The Hall–Kier alpha value is -0.470. The monoisotopic (exact) mass is 466 g/mol. The number of carbonyl (C=O) groups excluding carboxylic acids is 1. The van der Waals surface area contributed by atoms with Gasteiger partial charge in [0, 0.05) is 12.2 Å². The number of carbonyl (C=O) groups is 1. The third-order valence-electron chi connectivity index (χ3n) is 3.02. The molecule has 0 unspecified atom stereocenters. The Morgan fingerprint density at radius 1 is 0.875 bits per heavy atom. The smallest absolute Gasteiger partial charge is 0.150 e. The van der Waals surface area contributed by atoms with Crippen LogP contribution in [0.5, 0.6) is 5.75 Å². The first-order chi connectivity index (χ1) is 11.7. The molecule has 0 radical (unpaired) electrons. The molecule has 0 saturated heterocycles. The predicted molar refractivity (Wildman–Crippen MR) is 100 cm³/mol. The SMILES string of the molecule is CCCCOCCOCCOCCOc1c(Br)cc(C=O)cc1Br. The van der Waals surface area contributed by atoms with E-state index in [-0.39, 0.29) is 0 Å². The number of halogens is 2. The highest BCUT2D eigenvalue weighted by Crippen LogP contribution is 2.34. The number of hydrogen-bond donors (Lipinski definition) is 0. The highest BCUT2D eigenvalue weighted by atomic mass is 79.9. The fraction of sp³-hybridized carbons (Fsp3) is 0.588. The number of unbranched alkanes of at least 4 members (excludes halogenated alkanes) is 1. The minimum absolute atomic E-state index is 0.414. The molecule has 1 aromatic rings. The summed E-state index contributed by atoms with van der Waals surface area (Å²) < 4.78 is 23.4. The Morgan fingerprint density at radius 2 is 1.38 bits per heavy atom. The van der Waals surface area contributed by atoms with E-state index in [2.05, 4.69) is 38.8 Å². The lowest BCUT2D eigenvalue weighted by Crippen LogP contribution is -2.13. The second kappa shape index (κ2) is 13.8. The summed E-state index contributed by atoms with van der Waals surface area (Å²) in [6.07, 6.45) is 3.02. The molecule has 0 amide bonds. The van der Waals surface area contributed by atoms with Crippen LogP contribution in [0.15, 0.2) is 21.1 Å². The molecule has 5 nitrogen and oxygen atoms in total. The van der Waals surface area contributed by atoms with Crippen LogP contribution >= 0.6 is 31.9 Å². The van der Waals surface area contributed by atoms with E-state index in [0.29, 0.717) is 51.0 Å². The molecule has 24 heavy (non-hydrogen) atoms. The van der Waals surface area contributed by atoms with Crippen molar-refractivity contribution < 1.29 is 23.7 Å². The van der Waals surface area contributed by atoms with Gasteiger partial charge in [0.2, 0.25) is 0 Å². The van der Waals surface area contributed by atoms with E-state index in [9.17, 15) is 4.79 Å². The zero-order chi connectivity index (χ0) is 17.6. The molecule has 0 aliphatic carbocycles. The van der Waals surface area contributed by atoms with Gasteiger partial charge in [-0.15, -0.1) is 0 Å². The van der Waals surface area contributed by atoms with Crippen LogP contribution in [-0.4, -0.2) is 52.5 Å². The molecule has 0 aliphatic rings. The molecule has 136 valence electrons. The number of ether oxygens (including phenoxy) is 4. The van der Waals surface area contributed by atoms with Crippen molar-refractivity contribution in [2.45, 2.75) is 19.8 Å². The summed E-state index contributed by atoms with van der Waals surface area (Å²) in [4.78, 5) is 10.8. The zero-order valence-corrected chi connectivity index (χ0v) is 17.1. The summed E-state index contributed by atoms with van der Waals surface area (Å²) in [5.41, 5.74) is 0.577. The normalized spacial score (nSPS) is 10.8. The lowest BCUT2D eigenvalue weighted by molar-refractivity contribution is 0.00887. The average molecular weight is 468 g/mol. The largest absolute Gasteiger partial charge is 0.489 e. The topological polar surface area (TPSA) is 54.0 Å². The number of aldehydes is 1. The van der Waals surface area contributed by atoms with Gasteiger partial charge in [-0.2, -0.15) is 0 Å². The van der Waals surface area contributed by atoms with Gasteiger partial charge in [-0.3, -0.25) is 4.79 Å². The lowest BCUT2D eigenvalue weighted by Gasteiger charge is -2.11. The number of rotatable bonds is 14. The Kier molecular flexibility index (Phi) is 12.4. The Labute approximate surface area is 160 Å². The second-order valence-corrected chi connectivity index (χ2v) is 6.68. The second-order valence-electron chi connectivity index (χ2n) is 4.97. The molecule has 1 aromatic carbocycles. The van der Waals surface area contributed by atoms with Crippen molar-refractivity contribution in [1.82, 2.24) is 0 Å². The Morgan fingerprint density at radius 3 is 1.88 bits per heavy atom. The van der Waals surface area contributed by atoms with E-state index >= 15 is 0 Å². The summed E-state index contributed by atoms with van der Waals surface area (Å²) in [6.45, 7) is 6.09. The van der Waals surface area contributed by atoms with Crippen molar-refractivity contribution in [1.29, 1.82) is 0 Å². The maximum absolute atomic E-state index is 10.8. The molecule has 0 aromatic heterocycles. The number of benzene rings is 1. The summed E-state index contributed by atoms with van der Waals surface area (Å²) >= 11 is 6.77. The van der Waals surface area contributed by atoms with Crippen molar-refractivity contribution in [2.75, 3.05) is 46.2 Å². The van der Waals surface area contributed by atoms with E-state index in [0.717, 1.165) is 34.7 Å². The molecule has 0 aliphatic heterocycles. The first kappa shape index (κ1) is 21.6. The van der Waals surface area contributed by atoms with Gasteiger partial charge in [-0.1, -0.05) is 13.3 Å². The van der Waals surface area contributed by atoms with Crippen LogP contribution in [0.1, 0.15) is 30.1 Å².